The van der Waals surface area contributed by atoms with Gasteiger partial charge in [-0.15, -0.1) is 0 Å². The number of rotatable bonds is 3. The van der Waals surface area contributed by atoms with E-state index in [1.807, 2.05) is 0 Å². The smallest absolute Gasteiger partial charge is 0.294 e. The molecule has 0 aromatic heterocycles. The van der Waals surface area contributed by atoms with Crippen LogP contribution >= 0.6 is 0 Å². The fourth-order valence-electron chi connectivity index (χ4n) is 0.439. The first kappa shape index (κ1) is 10.1. The summed E-state index contributed by atoms with van der Waals surface area (Å²) in [5, 5.41) is 0. The molecule has 0 unspecified atom stereocenters. The first-order valence-corrected chi connectivity index (χ1v) is 4.14. The van der Waals surface area contributed by atoms with E-state index in [4.69, 9.17) is 4.55 Å². The van der Waals surface area contributed by atoms with Crippen LogP contribution in [0.1, 0.15) is 6.92 Å². The van der Waals surface area contributed by atoms with E-state index in [2.05, 4.69) is 6.58 Å². The van der Waals surface area contributed by atoms with Crippen molar-refractivity contribution in [2.45, 2.75) is 6.92 Å². The zero-order valence-electron chi connectivity index (χ0n) is 5.94. The molecule has 11 heavy (non-hydrogen) atoms. The van der Waals surface area contributed by atoms with Crippen LogP contribution in [0.15, 0.2) is 23.6 Å². The van der Waals surface area contributed by atoms with Crippen LogP contribution in [-0.2, 0) is 14.9 Å². The molecule has 4 nitrogen and oxygen atoms in total. The molecule has 0 radical (unpaired) electrons. The Morgan fingerprint density at radius 1 is 1.55 bits per heavy atom. The van der Waals surface area contributed by atoms with E-state index in [-0.39, 0.29) is 0 Å². The lowest BCUT2D eigenvalue weighted by atomic mass is 10.4. The number of carbonyl (C=O) groups is 1. The lowest BCUT2D eigenvalue weighted by Crippen LogP contribution is -2.01. The largest absolute Gasteiger partial charge is 0.295 e. The number of allylic oxidation sites excluding steroid dienone is 2. The van der Waals surface area contributed by atoms with Gasteiger partial charge in [-0.25, -0.2) is 0 Å². The van der Waals surface area contributed by atoms with Crippen molar-refractivity contribution in [1.29, 1.82) is 0 Å². The summed E-state index contributed by atoms with van der Waals surface area (Å²) in [6.07, 6.45) is 1.69. The molecule has 0 spiro atoms. The lowest BCUT2D eigenvalue weighted by molar-refractivity contribution is -0.112. The van der Waals surface area contributed by atoms with Gasteiger partial charge in [-0.2, -0.15) is 8.42 Å². The van der Waals surface area contributed by atoms with Crippen molar-refractivity contribution in [1.82, 2.24) is 0 Å². The minimum Gasteiger partial charge on any atom is -0.295 e. The van der Waals surface area contributed by atoms with Gasteiger partial charge >= 0.3 is 0 Å². The Kier molecular flexibility index (Phi) is 3.16. The molecule has 0 aliphatic heterocycles. The number of ketones is 1. The molecule has 0 aromatic rings. The molecule has 0 saturated carbocycles. The van der Waals surface area contributed by atoms with E-state index >= 15 is 0 Å². The number of carbonyl (C=O) groups excluding carboxylic acids is 1. The van der Waals surface area contributed by atoms with Gasteiger partial charge in [0.1, 0.15) is 0 Å². The number of hydrogen-bond donors (Lipinski definition) is 1. The zero-order chi connectivity index (χ0) is 9.07. The van der Waals surface area contributed by atoms with Crippen LogP contribution in [0, 0.1) is 0 Å². The Balaban J connectivity index is 5.00. The van der Waals surface area contributed by atoms with Gasteiger partial charge in [-0.05, 0) is 13.0 Å². The van der Waals surface area contributed by atoms with Crippen LogP contribution in [0.25, 0.3) is 0 Å². The maximum absolute atomic E-state index is 10.4. The highest BCUT2D eigenvalue weighted by Crippen LogP contribution is 2.04. The predicted molar refractivity (Wildman–Crippen MR) is 40.5 cm³/mol. The van der Waals surface area contributed by atoms with Gasteiger partial charge in [0, 0.05) is 6.08 Å². The molecule has 0 heterocycles. The van der Waals surface area contributed by atoms with Crippen LogP contribution < -0.4 is 0 Å². The van der Waals surface area contributed by atoms with Gasteiger partial charge < -0.3 is 0 Å². The minimum absolute atomic E-state index is 0.461. The van der Waals surface area contributed by atoms with Gasteiger partial charge in [0.15, 0.2) is 5.78 Å². The molecule has 0 amide bonds. The van der Waals surface area contributed by atoms with Crippen molar-refractivity contribution in [2.75, 3.05) is 0 Å². The summed E-state index contributed by atoms with van der Waals surface area (Å²) in [5.74, 6) is -0.461. The molecule has 0 fully saturated rings. The van der Waals surface area contributed by atoms with Crippen molar-refractivity contribution < 1.29 is 17.8 Å². The van der Waals surface area contributed by atoms with E-state index < -0.39 is 20.8 Å². The van der Waals surface area contributed by atoms with Crippen LogP contribution in [0.4, 0.5) is 0 Å². The Morgan fingerprint density at radius 3 is 2.09 bits per heavy atom. The zero-order valence-corrected chi connectivity index (χ0v) is 6.76. The van der Waals surface area contributed by atoms with Crippen LogP contribution in [0.3, 0.4) is 0 Å². The molecule has 0 saturated heterocycles. The second kappa shape index (κ2) is 3.45. The third-order valence-electron chi connectivity index (χ3n) is 0.845. The fourth-order valence-corrected chi connectivity index (χ4v) is 0.965. The Bertz CT molecular complexity index is 297. The Morgan fingerprint density at radius 2 is 2.00 bits per heavy atom. The van der Waals surface area contributed by atoms with Gasteiger partial charge in [-0.1, -0.05) is 6.58 Å². The molecular formula is C6H8O4S. The van der Waals surface area contributed by atoms with Crippen molar-refractivity contribution >= 4 is 15.9 Å². The van der Waals surface area contributed by atoms with Crippen LogP contribution in [0.5, 0.6) is 0 Å². The monoisotopic (exact) mass is 176 g/mol. The minimum atomic E-state index is -4.29. The van der Waals surface area contributed by atoms with E-state index in [1.54, 1.807) is 0 Å². The van der Waals surface area contributed by atoms with E-state index in [1.165, 1.54) is 6.92 Å². The first-order chi connectivity index (χ1) is 4.88. The SMILES string of the molecule is C=C/C(=C\C(C)=O)S(=O)(=O)O. The molecule has 62 valence electrons. The van der Waals surface area contributed by atoms with Crippen molar-refractivity contribution in [3.05, 3.63) is 23.6 Å². The molecule has 0 aliphatic carbocycles. The van der Waals surface area contributed by atoms with Gasteiger partial charge in [-0.3, -0.25) is 9.35 Å². The standard InChI is InChI=1S/C6H8O4S/c1-3-6(4-5(2)7)11(8,9)10/h3-4H,1H2,2H3,(H,8,9,10)/b6-4+. The molecule has 0 aromatic carbocycles. The number of hydrogen-bond acceptors (Lipinski definition) is 3. The van der Waals surface area contributed by atoms with E-state index in [9.17, 15) is 13.2 Å². The summed E-state index contributed by atoms with van der Waals surface area (Å²) in [6, 6.07) is 0. The normalized spacial score (nSPS) is 12.7. The van der Waals surface area contributed by atoms with E-state index in [0.29, 0.717) is 0 Å². The van der Waals surface area contributed by atoms with Gasteiger partial charge in [0.2, 0.25) is 0 Å². The Labute approximate surface area is 65.0 Å². The van der Waals surface area contributed by atoms with Crippen molar-refractivity contribution in [3.63, 3.8) is 0 Å². The van der Waals surface area contributed by atoms with Gasteiger partial charge in [0.05, 0.1) is 4.91 Å². The molecule has 0 atom stereocenters. The Hall–Kier alpha value is -0.940. The summed E-state index contributed by atoms with van der Waals surface area (Å²) in [5.41, 5.74) is 0. The lowest BCUT2D eigenvalue weighted by Gasteiger charge is -1.93. The molecule has 0 aliphatic rings. The molecular weight excluding hydrogens is 168 g/mol. The molecule has 0 bridgehead atoms. The predicted octanol–water partition coefficient (Wildman–Crippen LogP) is 0.533. The summed E-state index contributed by atoms with van der Waals surface area (Å²) in [6.45, 7) is 4.30. The average molecular weight is 176 g/mol. The highest BCUT2D eigenvalue weighted by Gasteiger charge is 2.09. The molecule has 0 rings (SSSR count). The van der Waals surface area contributed by atoms with Crippen molar-refractivity contribution in [3.8, 4) is 0 Å². The van der Waals surface area contributed by atoms with E-state index in [0.717, 1.165) is 12.2 Å². The molecule has 5 heteroatoms. The second-order valence-electron chi connectivity index (χ2n) is 1.84. The average Bonchev–Trinajstić information content (AvgIpc) is 1.79. The first-order valence-electron chi connectivity index (χ1n) is 2.70. The maximum atomic E-state index is 10.4. The highest BCUT2D eigenvalue weighted by atomic mass is 32.2. The quantitative estimate of drug-likeness (QED) is 0.387. The van der Waals surface area contributed by atoms with Crippen LogP contribution in [0.2, 0.25) is 0 Å². The highest BCUT2D eigenvalue weighted by molar-refractivity contribution is 7.90. The summed E-state index contributed by atoms with van der Waals surface area (Å²) in [4.78, 5) is 9.88. The summed E-state index contributed by atoms with van der Waals surface area (Å²) >= 11 is 0. The van der Waals surface area contributed by atoms with Gasteiger partial charge in [0.25, 0.3) is 10.1 Å². The topological polar surface area (TPSA) is 71.4 Å². The summed E-state index contributed by atoms with van der Waals surface area (Å²) in [7, 11) is -4.29. The van der Waals surface area contributed by atoms with Crippen molar-refractivity contribution in [2.24, 2.45) is 0 Å². The molecule has 1 N–H and O–H groups in total. The second-order valence-corrected chi connectivity index (χ2v) is 3.26. The van der Waals surface area contributed by atoms with Crippen LogP contribution in [-0.4, -0.2) is 18.8 Å². The fraction of sp³-hybridized carbons (Fsp3) is 0.167. The summed E-state index contributed by atoms with van der Waals surface area (Å²) < 4.78 is 29.1. The third kappa shape index (κ3) is 3.69. The maximum Gasteiger partial charge on any atom is 0.294 e. The third-order valence-corrected chi connectivity index (χ3v) is 1.72.